The normalized spacial score (nSPS) is 11.0. The molecule has 0 bridgehead atoms. The number of pyridine rings is 3. The van der Waals surface area contributed by atoms with E-state index in [0.29, 0.717) is 35.2 Å². The molecule has 0 aromatic carbocycles. The summed E-state index contributed by atoms with van der Waals surface area (Å²) in [5, 5.41) is 0.553. The number of aromatic nitrogens is 4. The van der Waals surface area contributed by atoms with Gasteiger partial charge in [-0.2, -0.15) is 0 Å². The lowest BCUT2D eigenvalue weighted by atomic mass is 10.2. The van der Waals surface area contributed by atoms with E-state index >= 15 is 0 Å². The van der Waals surface area contributed by atoms with E-state index in [2.05, 4.69) is 9.97 Å². The number of aryl methyl sites for hydroxylation is 2. The van der Waals surface area contributed by atoms with Gasteiger partial charge >= 0.3 is 5.97 Å². The highest BCUT2D eigenvalue weighted by molar-refractivity contribution is 6.30. The molecular weight excluding hydrogens is 444 g/mol. The number of imidazole rings is 1. The Kier molecular flexibility index (Phi) is 6.74. The third kappa shape index (κ3) is 5.23. The van der Waals surface area contributed by atoms with Gasteiger partial charge in [-0.05, 0) is 44.2 Å². The summed E-state index contributed by atoms with van der Waals surface area (Å²) in [7, 11) is 0. The smallest absolute Gasteiger partial charge is 0.306 e. The highest BCUT2D eigenvalue weighted by atomic mass is 35.5. The topological polar surface area (TPSA) is 87.7 Å². The molecule has 4 aromatic rings. The summed E-state index contributed by atoms with van der Waals surface area (Å²) in [4.78, 5) is 33.2. The van der Waals surface area contributed by atoms with Crippen molar-refractivity contribution in [3.05, 3.63) is 87.4 Å². The Labute approximate surface area is 195 Å². The molecule has 0 aliphatic heterocycles. The van der Waals surface area contributed by atoms with Gasteiger partial charge in [-0.25, -0.2) is 4.98 Å². The Bertz CT molecular complexity index is 1350. The Balaban J connectivity index is 1.52. The van der Waals surface area contributed by atoms with Gasteiger partial charge in [-0.3, -0.25) is 19.1 Å². The molecule has 9 heteroatoms. The van der Waals surface area contributed by atoms with Crippen LogP contribution in [0.5, 0.6) is 5.75 Å². The van der Waals surface area contributed by atoms with Crippen LogP contribution in [-0.4, -0.2) is 31.5 Å². The van der Waals surface area contributed by atoms with E-state index < -0.39 is 0 Å². The number of carbonyl (C=O) groups excluding carboxylic acids is 1. The Morgan fingerprint density at radius 3 is 2.76 bits per heavy atom. The van der Waals surface area contributed by atoms with Gasteiger partial charge in [0.05, 0.1) is 35.1 Å². The third-order valence-electron chi connectivity index (χ3n) is 5.16. The lowest BCUT2D eigenvalue weighted by Gasteiger charge is -2.09. The van der Waals surface area contributed by atoms with Crippen molar-refractivity contribution in [2.24, 2.45) is 0 Å². The zero-order valence-corrected chi connectivity index (χ0v) is 19.1. The maximum absolute atomic E-state index is 12.7. The molecule has 0 radical (unpaired) electrons. The molecule has 4 aromatic heterocycles. The molecule has 0 spiro atoms. The summed E-state index contributed by atoms with van der Waals surface area (Å²) < 4.78 is 14.1. The van der Waals surface area contributed by atoms with Crippen molar-refractivity contribution in [2.75, 3.05) is 6.61 Å². The minimum atomic E-state index is -0.240. The molecule has 0 saturated carbocycles. The van der Waals surface area contributed by atoms with Crippen LogP contribution < -0.4 is 10.3 Å². The molecule has 8 nitrogen and oxygen atoms in total. The van der Waals surface area contributed by atoms with Crippen molar-refractivity contribution in [2.45, 2.75) is 33.3 Å². The standard InChI is InChI=1S/C24H23ClN4O4/c1-3-32-24(31)9-7-21-16(2)29-14-19(6-8-22(29)27-21)28-11-10-20(12-23(28)30)33-15-18-5-4-17(25)13-26-18/h4-6,8,10-14H,3,7,9,15H2,1-2H3. The van der Waals surface area contributed by atoms with Crippen LogP contribution in [0.2, 0.25) is 5.02 Å². The zero-order valence-electron chi connectivity index (χ0n) is 18.3. The van der Waals surface area contributed by atoms with E-state index in [0.717, 1.165) is 17.0 Å². The van der Waals surface area contributed by atoms with Gasteiger partial charge < -0.3 is 13.9 Å². The highest BCUT2D eigenvalue weighted by Gasteiger charge is 2.12. The lowest BCUT2D eigenvalue weighted by Crippen LogP contribution is -2.17. The molecule has 0 N–H and O–H groups in total. The molecule has 4 heterocycles. The van der Waals surface area contributed by atoms with Crippen LogP contribution in [0.1, 0.15) is 30.4 Å². The number of hydrogen-bond donors (Lipinski definition) is 0. The molecule has 0 atom stereocenters. The predicted octanol–water partition coefficient (Wildman–Crippen LogP) is 3.92. The SMILES string of the molecule is CCOC(=O)CCc1nc2ccc(-n3ccc(OCc4ccc(Cl)cn4)cc3=O)cn2c1C. The molecule has 0 saturated heterocycles. The van der Waals surface area contributed by atoms with Crippen molar-refractivity contribution < 1.29 is 14.3 Å². The van der Waals surface area contributed by atoms with Gasteiger partial charge in [0, 0.05) is 36.8 Å². The average molecular weight is 467 g/mol. The number of ether oxygens (including phenoxy) is 2. The Hall–Kier alpha value is -3.65. The fourth-order valence-corrected chi connectivity index (χ4v) is 3.56. The largest absolute Gasteiger partial charge is 0.487 e. The first-order chi connectivity index (χ1) is 15.9. The second-order valence-electron chi connectivity index (χ2n) is 7.39. The summed E-state index contributed by atoms with van der Waals surface area (Å²) in [5.41, 5.74) is 3.67. The van der Waals surface area contributed by atoms with E-state index in [1.54, 1.807) is 37.5 Å². The molecule has 0 unspecified atom stereocenters. The van der Waals surface area contributed by atoms with Crippen molar-refractivity contribution in [1.82, 2.24) is 18.9 Å². The summed E-state index contributed by atoms with van der Waals surface area (Å²) in [6, 6.07) is 10.4. The molecule has 170 valence electrons. The zero-order chi connectivity index (χ0) is 23.4. The first kappa shape index (κ1) is 22.5. The van der Waals surface area contributed by atoms with Crippen LogP contribution in [0.15, 0.2) is 59.8 Å². The molecule has 4 rings (SSSR count). The van der Waals surface area contributed by atoms with Gasteiger partial charge in [0.25, 0.3) is 5.56 Å². The summed E-state index contributed by atoms with van der Waals surface area (Å²) in [5.74, 6) is 0.212. The van der Waals surface area contributed by atoms with Crippen LogP contribution in [-0.2, 0) is 22.6 Å². The van der Waals surface area contributed by atoms with Crippen LogP contribution in [0.3, 0.4) is 0 Å². The summed E-state index contributed by atoms with van der Waals surface area (Å²) in [6.07, 6.45) is 5.84. The monoisotopic (exact) mass is 466 g/mol. The van der Waals surface area contributed by atoms with E-state index in [1.807, 2.05) is 29.7 Å². The van der Waals surface area contributed by atoms with Gasteiger partial charge in [-0.15, -0.1) is 0 Å². The number of halogens is 1. The van der Waals surface area contributed by atoms with Gasteiger partial charge in [0.2, 0.25) is 0 Å². The van der Waals surface area contributed by atoms with Crippen molar-refractivity contribution >= 4 is 23.2 Å². The minimum Gasteiger partial charge on any atom is -0.487 e. The van der Waals surface area contributed by atoms with Gasteiger partial charge in [0.1, 0.15) is 18.0 Å². The number of rotatable bonds is 8. The lowest BCUT2D eigenvalue weighted by molar-refractivity contribution is -0.143. The number of fused-ring (bicyclic) bond motifs is 1. The fraction of sp³-hybridized carbons (Fsp3) is 0.250. The van der Waals surface area contributed by atoms with Crippen LogP contribution in [0.25, 0.3) is 11.3 Å². The first-order valence-electron chi connectivity index (χ1n) is 10.5. The van der Waals surface area contributed by atoms with E-state index in [4.69, 9.17) is 21.1 Å². The maximum atomic E-state index is 12.7. The van der Waals surface area contributed by atoms with Crippen molar-refractivity contribution in [3.63, 3.8) is 0 Å². The van der Waals surface area contributed by atoms with Crippen LogP contribution in [0, 0.1) is 6.92 Å². The second kappa shape index (κ2) is 9.87. The van der Waals surface area contributed by atoms with Crippen LogP contribution in [0.4, 0.5) is 0 Å². The van der Waals surface area contributed by atoms with E-state index in [-0.39, 0.29) is 24.6 Å². The van der Waals surface area contributed by atoms with E-state index in [9.17, 15) is 9.59 Å². The minimum absolute atomic E-state index is 0.226. The van der Waals surface area contributed by atoms with E-state index in [1.165, 1.54) is 10.6 Å². The molecule has 0 fully saturated rings. The highest BCUT2D eigenvalue weighted by Crippen LogP contribution is 2.18. The average Bonchev–Trinajstić information content (AvgIpc) is 3.12. The summed E-state index contributed by atoms with van der Waals surface area (Å²) >= 11 is 5.84. The second-order valence-corrected chi connectivity index (χ2v) is 7.83. The maximum Gasteiger partial charge on any atom is 0.306 e. The molecule has 33 heavy (non-hydrogen) atoms. The number of nitrogens with zero attached hydrogens (tertiary/aromatic N) is 4. The Morgan fingerprint density at radius 1 is 1.18 bits per heavy atom. The predicted molar refractivity (Wildman–Crippen MR) is 124 cm³/mol. The molecule has 0 aliphatic rings. The number of carbonyl (C=O) groups is 1. The third-order valence-corrected chi connectivity index (χ3v) is 5.38. The molecule has 0 aliphatic carbocycles. The number of hydrogen-bond acceptors (Lipinski definition) is 6. The quantitative estimate of drug-likeness (QED) is 0.366. The fourth-order valence-electron chi connectivity index (χ4n) is 3.45. The number of esters is 1. The Morgan fingerprint density at radius 2 is 2.03 bits per heavy atom. The molecule has 0 amide bonds. The molecular formula is C24H23ClN4O4. The summed E-state index contributed by atoms with van der Waals surface area (Å²) in [6.45, 7) is 4.32. The van der Waals surface area contributed by atoms with Crippen LogP contribution >= 0.6 is 11.6 Å². The first-order valence-corrected chi connectivity index (χ1v) is 10.9. The van der Waals surface area contributed by atoms with Gasteiger partial charge in [0.15, 0.2) is 0 Å². The van der Waals surface area contributed by atoms with Crippen molar-refractivity contribution in [3.8, 4) is 11.4 Å². The van der Waals surface area contributed by atoms with Crippen molar-refractivity contribution in [1.29, 1.82) is 0 Å². The van der Waals surface area contributed by atoms with Gasteiger partial charge in [-0.1, -0.05) is 11.6 Å².